The van der Waals surface area contributed by atoms with Gasteiger partial charge in [0.15, 0.2) is 4.80 Å². The van der Waals surface area contributed by atoms with Gasteiger partial charge in [-0.1, -0.05) is 39.4 Å². The highest BCUT2D eigenvalue weighted by Crippen LogP contribution is 2.23. The number of thiazole rings is 1. The minimum absolute atomic E-state index is 0.0152. The maximum Gasteiger partial charge on any atom is 0.326 e. The van der Waals surface area contributed by atoms with Crippen LogP contribution in [0.2, 0.25) is 0 Å². The maximum absolute atomic E-state index is 12.6. The Balaban J connectivity index is 2.17. The Hall–Kier alpha value is -2.25. The highest BCUT2D eigenvalue weighted by atomic mass is 79.9. The number of fused-ring (bicyclic) bond motifs is 1. The monoisotopic (exact) mass is 446 g/mol. The molecule has 3 rings (SSSR count). The second kappa shape index (κ2) is 8.19. The third-order valence-corrected chi connectivity index (χ3v) is 5.70. The molecule has 0 aliphatic rings. The van der Waals surface area contributed by atoms with E-state index in [2.05, 4.69) is 27.0 Å². The number of amides is 1. The first-order valence-electron chi connectivity index (χ1n) is 8.50. The number of rotatable bonds is 4. The molecular weight excluding hydrogens is 428 g/mol. The van der Waals surface area contributed by atoms with E-state index in [-0.39, 0.29) is 18.4 Å². The molecule has 1 heterocycles. The van der Waals surface area contributed by atoms with Crippen LogP contribution in [0, 0.1) is 13.8 Å². The second-order valence-electron chi connectivity index (χ2n) is 6.13. The first-order chi connectivity index (χ1) is 12.9. The number of carbonyl (C=O) groups is 2. The van der Waals surface area contributed by atoms with Crippen LogP contribution < -0.4 is 4.80 Å². The lowest BCUT2D eigenvalue weighted by Gasteiger charge is -2.06. The quantitative estimate of drug-likeness (QED) is 0.558. The van der Waals surface area contributed by atoms with Gasteiger partial charge in [-0.2, -0.15) is 4.99 Å². The zero-order valence-electron chi connectivity index (χ0n) is 15.3. The van der Waals surface area contributed by atoms with Crippen molar-refractivity contribution in [3.63, 3.8) is 0 Å². The van der Waals surface area contributed by atoms with E-state index in [0.717, 1.165) is 25.8 Å². The summed E-state index contributed by atoms with van der Waals surface area (Å²) in [6.07, 6.45) is 0. The van der Waals surface area contributed by atoms with Crippen molar-refractivity contribution in [1.82, 2.24) is 4.57 Å². The van der Waals surface area contributed by atoms with Crippen LogP contribution in [0.1, 0.15) is 28.4 Å². The average Bonchev–Trinajstić information content (AvgIpc) is 2.93. The fourth-order valence-electron chi connectivity index (χ4n) is 2.86. The summed E-state index contributed by atoms with van der Waals surface area (Å²) in [6, 6.07) is 11.2. The highest BCUT2D eigenvalue weighted by Gasteiger charge is 2.14. The minimum Gasteiger partial charge on any atom is -0.465 e. The average molecular weight is 447 g/mol. The molecule has 2 aromatic carbocycles. The van der Waals surface area contributed by atoms with Gasteiger partial charge in [0, 0.05) is 10.0 Å². The molecule has 27 heavy (non-hydrogen) atoms. The molecule has 0 fully saturated rings. The molecule has 0 saturated heterocycles. The van der Waals surface area contributed by atoms with Gasteiger partial charge in [0.25, 0.3) is 5.91 Å². The van der Waals surface area contributed by atoms with Gasteiger partial charge in [0.1, 0.15) is 6.54 Å². The molecule has 1 amide bonds. The predicted molar refractivity (Wildman–Crippen MR) is 110 cm³/mol. The van der Waals surface area contributed by atoms with E-state index < -0.39 is 0 Å². The molecule has 0 radical (unpaired) electrons. The normalized spacial score (nSPS) is 11.8. The molecule has 0 N–H and O–H groups in total. The van der Waals surface area contributed by atoms with Crippen molar-refractivity contribution in [2.45, 2.75) is 27.3 Å². The van der Waals surface area contributed by atoms with Crippen LogP contribution in [0.25, 0.3) is 10.2 Å². The number of esters is 1. The van der Waals surface area contributed by atoms with Crippen molar-refractivity contribution in [3.8, 4) is 0 Å². The van der Waals surface area contributed by atoms with Crippen LogP contribution in [0.5, 0.6) is 0 Å². The van der Waals surface area contributed by atoms with Crippen LogP contribution >= 0.6 is 27.3 Å². The molecule has 0 saturated carbocycles. The summed E-state index contributed by atoms with van der Waals surface area (Å²) < 4.78 is 8.67. The van der Waals surface area contributed by atoms with Gasteiger partial charge in [0.05, 0.1) is 16.8 Å². The van der Waals surface area contributed by atoms with Crippen molar-refractivity contribution in [2.24, 2.45) is 4.99 Å². The van der Waals surface area contributed by atoms with Crippen molar-refractivity contribution >= 4 is 49.4 Å². The van der Waals surface area contributed by atoms with Crippen LogP contribution in [-0.2, 0) is 16.1 Å². The predicted octanol–water partition coefficient (Wildman–Crippen LogP) is 4.39. The third-order valence-electron chi connectivity index (χ3n) is 3.98. The Morgan fingerprint density at radius 3 is 2.70 bits per heavy atom. The van der Waals surface area contributed by atoms with Gasteiger partial charge in [0.2, 0.25) is 0 Å². The van der Waals surface area contributed by atoms with Crippen LogP contribution in [0.15, 0.2) is 45.9 Å². The Labute approximate surface area is 169 Å². The molecule has 0 aliphatic carbocycles. The fourth-order valence-corrected chi connectivity index (χ4v) is 4.34. The summed E-state index contributed by atoms with van der Waals surface area (Å²) >= 11 is 4.77. The van der Waals surface area contributed by atoms with Crippen molar-refractivity contribution in [2.75, 3.05) is 6.61 Å². The molecule has 3 aromatic rings. The standard InChI is InChI=1S/C20H19BrN2O3S/c1-4-26-17(24)11-23-16-9-12(2)8-13(3)18(16)27-20(23)22-19(25)14-6-5-7-15(21)10-14/h5-10H,4,11H2,1-3H3. The molecule has 0 bridgehead atoms. The van der Waals surface area contributed by atoms with Crippen LogP contribution in [-0.4, -0.2) is 23.1 Å². The Kier molecular flexibility index (Phi) is 5.92. The topological polar surface area (TPSA) is 60.7 Å². The van der Waals surface area contributed by atoms with Crippen LogP contribution in [0.4, 0.5) is 0 Å². The summed E-state index contributed by atoms with van der Waals surface area (Å²) in [4.78, 5) is 29.5. The fraction of sp³-hybridized carbons (Fsp3) is 0.250. The lowest BCUT2D eigenvalue weighted by molar-refractivity contribution is -0.143. The number of nitrogens with zero attached hydrogens (tertiary/aromatic N) is 2. The van der Waals surface area contributed by atoms with E-state index in [0.29, 0.717) is 17.0 Å². The largest absolute Gasteiger partial charge is 0.465 e. The van der Waals surface area contributed by atoms with Gasteiger partial charge >= 0.3 is 5.97 Å². The van der Waals surface area contributed by atoms with E-state index in [1.807, 2.05) is 26.0 Å². The molecule has 0 atom stereocenters. The molecule has 0 spiro atoms. The maximum atomic E-state index is 12.6. The number of ether oxygens (including phenoxy) is 1. The Bertz CT molecular complexity index is 1100. The van der Waals surface area contributed by atoms with E-state index >= 15 is 0 Å². The van der Waals surface area contributed by atoms with E-state index in [4.69, 9.17) is 4.74 Å². The number of hydrogen-bond donors (Lipinski definition) is 0. The number of carbonyl (C=O) groups excluding carboxylic acids is 2. The first kappa shape index (κ1) is 19.5. The third kappa shape index (κ3) is 4.36. The zero-order chi connectivity index (χ0) is 19.6. The van der Waals surface area contributed by atoms with Crippen molar-refractivity contribution < 1.29 is 14.3 Å². The SMILES string of the molecule is CCOC(=O)Cn1c(=NC(=O)c2cccc(Br)c2)sc2c(C)cc(C)cc21. The highest BCUT2D eigenvalue weighted by molar-refractivity contribution is 9.10. The number of benzene rings is 2. The van der Waals surface area contributed by atoms with E-state index in [9.17, 15) is 9.59 Å². The molecule has 1 aromatic heterocycles. The molecule has 7 heteroatoms. The smallest absolute Gasteiger partial charge is 0.326 e. The Morgan fingerprint density at radius 1 is 1.22 bits per heavy atom. The van der Waals surface area contributed by atoms with Crippen LogP contribution in [0.3, 0.4) is 0 Å². The van der Waals surface area contributed by atoms with Gasteiger partial charge in [-0.05, 0) is 56.2 Å². The number of halogens is 1. The lowest BCUT2D eigenvalue weighted by Crippen LogP contribution is -2.23. The van der Waals surface area contributed by atoms with Crippen molar-refractivity contribution in [3.05, 3.63) is 62.4 Å². The summed E-state index contributed by atoms with van der Waals surface area (Å²) in [6.45, 7) is 6.11. The number of aromatic nitrogens is 1. The van der Waals surface area contributed by atoms with Gasteiger partial charge in [-0.15, -0.1) is 0 Å². The molecule has 0 aliphatic heterocycles. The number of aryl methyl sites for hydroxylation is 2. The second-order valence-corrected chi connectivity index (χ2v) is 8.03. The molecule has 5 nitrogen and oxygen atoms in total. The van der Waals surface area contributed by atoms with Gasteiger partial charge in [-0.25, -0.2) is 0 Å². The molecular formula is C20H19BrN2O3S. The van der Waals surface area contributed by atoms with Gasteiger partial charge < -0.3 is 9.30 Å². The summed E-state index contributed by atoms with van der Waals surface area (Å²) in [7, 11) is 0. The summed E-state index contributed by atoms with van der Waals surface area (Å²) in [5.74, 6) is -0.706. The number of hydrogen-bond acceptors (Lipinski definition) is 4. The van der Waals surface area contributed by atoms with Gasteiger partial charge in [-0.3, -0.25) is 9.59 Å². The zero-order valence-corrected chi connectivity index (χ0v) is 17.7. The minimum atomic E-state index is -0.354. The lowest BCUT2D eigenvalue weighted by atomic mass is 10.1. The van der Waals surface area contributed by atoms with E-state index in [1.54, 1.807) is 29.7 Å². The first-order valence-corrected chi connectivity index (χ1v) is 10.1. The van der Waals surface area contributed by atoms with E-state index in [1.165, 1.54) is 11.3 Å². The summed E-state index contributed by atoms with van der Waals surface area (Å²) in [5.41, 5.74) is 3.54. The molecule has 140 valence electrons. The Morgan fingerprint density at radius 2 is 2.00 bits per heavy atom. The molecule has 0 unspecified atom stereocenters. The van der Waals surface area contributed by atoms with Crippen molar-refractivity contribution in [1.29, 1.82) is 0 Å². The summed E-state index contributed by atoms with van der Waals surface area (Å²) in [5, 5.41) is 0.